The summed E-state index contributed by atoms with van der Waals surface area (Å²) in [6, 6.07) is 7.29. The first kappa shape index (κ1) is 12.0. The van der Waals surface area contributed by atoms with Crippen LogP contribution in [0.5, 0.6) is 0 Å². The average molecular weight is 244 g/mol. The highest BCUT2D eigenvalue weighted by Gasteiger charge is 2.02. The smallest absolute Gasteiger partial charge is 0.307 e. The Morgan fingerprint density at radius 2 is 1.94 bits per heavy atom. The van der Waals surface area contributed by atoms with Crippen molar-refractivity contribution in [1.82, 2.24) is 9.78 Å². The van der Waals surface area contributed by atoms with Crippen LogP contribution < -0.4 is 0 Å². The van der Waals surface area contributed by atoms with Gasteiger partial charge >= 0.3 is 5.97 Å². The molecule has 0 saturated carbocycles. The summed E-state index contributed by atoms with van der Waals surface area (Å²) in [6.07, 6.45) is 3.95. The van der Waals surface area contributed by atoms with E-state index in [2.05, 4.69) is 5.10 Å². The Morgan fingerprint density at radius 3 is 2.50 bits per heavy atom. The van der Waals surface area contributed by atoms with Crippen LogP contribution >= 0.6 is 0 Å². The molecule has 0 fully saturated rings. The quantitative estimate of drug-likeness (QED) is 0.806. The third-order valence-corrected chi connectivity index (χ3v) is 2.51. The van der Waals surface area contributed by atoms with Gasteiger partial charge in [0, 0.05) is 6.20 Å². The first-order chi connectivity index (χ1) is 8.67. The van der Waals surface area contributed by atoms with Gasteiger partial charge in [0.05, 0.1) is 24.7 Å². The zero-order valence-corrected chi connectivity index (χ0v) is 9.61. The molecule has 0 spiro atoms. The molecular formula is C13H12N2O3. The van der Waals surface area contributed by atoms with Crippen LogP contribution in [0.25, 0.3) is 0 Å². The summed E-state index contributed by atoms with van der Waals surface area (Å²) in [4.78, 5) is 21.0. The molecule has 0 atom stereocenters. The van der Waals surface area contributed by atoms with Gasteiger partial charge < -0.3 is 5.11 Å². The van der Waals surface area contributed by atoms with Gasteiger partial charge in [0.25, 0.3) is 0 Å². The molecule has 5 heteroatoms. The minimum absolute atomic E-state index is 0.0251. The summed E-state index contributed by atoms with van der Waals surface area (Å²) in [5.41, 5.74) is 2.31. The van der Waals surface area contributed by atoms with Crippen molar-refractivity contribution in [2.24, 2.45) is 0 Å². The van der Waals surface area contributed by atoms with Crippen molar-refractivity contribution in [3.05, 3.63) is 53.3 Å². The van der Waals surface area contributed by atoms with Crippen LogP contribution in [0.1, 0.15) is 21.5 Å². The second kappa shape index (κ2) is 5.27. The van der Waals surface area contributed by atoms with Crippen LogP contribution in [0, 0.1) is 0 Å². The molecule has 0 aliphatic carbocycles. The molecule has 0 radical (unpaired) electrons. The normalized spacial score (nSPS) is 10.2. The maximum absolute atomic E-state index is 10.5. The Bertz CT molecular complexity index is 558. The number of carbonyl (C=O) groups excluding carboxylic acids is 1. The lowest BCUT2D eigenvalue weighted by Crippen LogP contribution is -2.02. The third-order valence-electron chi connectivity index (χ3n) is 2.51. The highest BCUT2D eigenvalue weighted by atomic mass is 16.4. The summed E-state index contributed by atoms with van der Waals surface area (Å²) in [5.74, 6) is -0.842. The van der Waals surface area contributed by atoms with Gasteiger partial charge in [-0.25, -0.2) is 0 Å². The topological polar surface area (TPSA) is 72.2 Å². The highest BCUT2D eigenvalue weighted by molar-refractivity contribution is 5.73. The van der Waals surface area contributed by atoms with Crippen molar-refractivity contribution in [2.45, 2.75) is 13.0 Å². The van der Waals surface area contributed by atoms with Crippen LogP contribution in [0.3, 0.4) is 0 Å². The largest absolute Gasteiger partial charge is 0.481 e. The van der Waals surface area contributed by atoms with E-state index < -0.39 is 5.97 Å². The van der Waals surface area contributed by atoms with E-state index in [0.717, 1.165) is 17.4 Å². The number of nitrogens with zero attached hydrogens (tertiary/aromatic N) is 2. The fourth-order valence-corrected chi connectivity index (χ4v) is 1.65. The fraction of sp³-hybridized carbons (Fsp3) is 0.154. The molecule has 0 aliphatic rings. The Kier molecular flexibility index (Phi) is 3.52. The van der Waals surface area contributed by atoms with Gasteiger partial charge in [-0.15, -0.1) is 0 Å². The maximum atomic E-state index is 10.5. The number of rotatable bonds is 5. The van der Waals surface area contributed by atoms with Crippen LogP contribution in [0.4, 0.5) is 0 Å². The number of aromatic nitrogens is 2. The molecule has 1 heterocycles. The van der Waals surface area contributed by atoms with Crippen molar-refractivity contribution in [3.8, 4) is 0 Å². The number of carboxylic acid groups (broad SMARTS) is 1. The second-order valence-electron chi connectivity index (χ2n) is 3.98. The highest BCUT2D eigenvalue weighted by Crippen LogP contribution is 2.07. The van der Waals surface area contributed by atoms with Crippen molar-refractivity contribution >= 4 is 12.3 Å². The van der Waals surface area contributed by atoms with Gasteiger partial charge in [-0.05, 0) is 11.1 Å². The predicted octanol–water partition coefficient (Wildman–Crippen LogP) is 1.37. The van der Waals surface area contributed by atoms with Crippen molar-refractivity contribution in [3.63, 3.8) is 0 Å². The minimum Gasteiger partial charge on any atom is -0.481 e. The maximum Gasteiger partial charge on any atom is 0.307 e. The third kappa shape index (κ3) is 3.04. The van der Waals surface area contributed by atoms with Crippen LogP contribution in [0.2, 0.25) is 0 Å². The van der Waals surface area contributed by atoms with E-state index in [0.29, 0.717) is 12.1 Å². The lowest BCUT2D eigenvalue weighted by Gasteiger charge is -2.03. The number of aliphatic carboxylic acids is 1. The Labute approximate surface area is 104 Å². The molecule has 1 N–H and O–H groups in total. The predicted molar refractivity (Wildman–Crippen MR) is 64.5 cm³/mol. The molecule has 92 valence electrons. The summed E-state index contributed by atoms with van der Waals surface area (Å²) in [6.45, 7) is 0.557. The van der Waals surface area contributed by atoms with Crippen LogP contribution in [0.15, 0.2) is 36.7 Å². The molecule has 1 aromatic heterocycles. The fourth-order valence-electron chi connectivity index (χ4n) is 1.65. The average Bonchev–Trinajstić information content (AvgIpc) is 2.79. The lowest BCUT2D eigenvalue weighted by molar-refractivity contribution is -0.136. The monoisotopic (exact) mass is 244 g/mol. The van der Waals surface area contributed by atoms with E-state index in [1.165, 1.54) is 6.20 Å². The molecule has 2 aromatic rings. The number of aldehydes is 1. The Morgan fingerprint density at radius 1 is 1.28 bits per heavy atom. The molecule has 5 nitrogen and oxygen atoms in total. The minimum atomic E-state index is -0.842. The first-order valence-corrected chi connectivity index (χ1v) is 5.44. The van der Waals surface area contributed by atoms with E-state index in [-0.39, 0.29) is 6.42 Å². The number of hydrogen-bond donors (Lipinski definition) is 1. The van der Waals surface area contributed by atoms with E-state index in [1.807, 2.05) is 12.1 Å². The van der Waals surface area contributed by atoms with Crippen molar-refractivity contribution < 1.29 is 14.7 Å². The molecule has 2 rings (SSSR count). The number of carbonyl (C=O) groups is 2. The van der Waals surface area contributed by atoms with Crippen molar-refractivity contribution in [1.29, 1.82) is 0 Å². The molecular weight excluding hydrogens is 232 g/mol. The van der Waals surface area contributed by atoms with Crippen molar-refractivity contribution in [2.75, 3.05) is 0 Å². The lowest BCUT2D eigenvalue weighted by atomic mass is 10.1. The molecule has 0 amide bonds. The summed E-state index contributed by atoms with van der Waals surface area (Å²) < 4.78 is 1.66. The number of benzene rings is 1. The van der Waals surface area contributed by atoms with E-state index in [4.69, 9.17) is 5.11 Å². The zero-order valence-electron chi connectivity index (χ0n) is 9.61. The summed E-state index contributed by atoms with van der Waals surface area (Å²) in [7, 11) is 0. The van der Waals surface area contributed by atoms with Crippen LogP contribution in [-0.4, -0.2) is 27.1 Å². The standard InChI is InChI=1S/C13H12N2O3/c16-9-12-6-14-15(8-12)7-11-3-1-10(2-4-11)5-13(17)18/h1-4,6,8-9H,5,7H2,(H,17,18). The van der Waals surface area contributed by atoms with Gasteiger partial charge in [0.2, 0.25) is 0 Å². The number of hydrogen-bond acceptors (Lipinski definition) is 3. The molecule has 0 saturated heterocycles. The Balaban J connectivity index is 2.05. The molecule has 0 bridgehead atoms. The Hall–Kier alpha value is -2.43. The van der Waals surface area contributed by atoms with E-state index in [1.54, 1.807) is 23.0 Å². The van der Waals surface area contributed by atoms with Gasteiger partial charge in [-0.2, -0.15) is 5.10 Å². The van der Waals surface area contributed by atoms with E-state index >= 15 is 0 Å². The van der Waals surface area contributed by atoms with Crippen LogP contribution in [-0.2, 0) is 17.8 Å². The second-order valence-corrected chi connectivity index (χ2v) is 3.98. The molecule has 1 aromatic carbocycles. The summed E-state index contributed by atoms with van der Waals surface area (Å²) in [5, 5.41) is 12.7. The zero-order chi connectivity index (χ0) is 13.0. The van der Waals surface area contributed by atoms with Gasteiger partial charge in [-0.3, -0.25) is 14.3 Å². The van der Waals surface area contributed by atoms with E-state index in [9.17, 15) is 9.59 Å². The molecule has 18 heavy (non-hydrogen) atoms. The SMILES string of the molecule is O=Cc1cnn(Cc2ccc(CC(=O)O)cc2)c1. The van der Waals surface area contributed by atoms with Gasteiger partial charge in [0.15, 0.2) is 6.29 Å². The van der Waals surface area contributed by atoms with Gasteiger partial charge in [0.1, 0.15) is 0 Å². The molecule has 0 unspecified atom stereocenters. The van der Waals surface area contributed by atoms with Gasteiger partial charge in [-0.1, -0.05) is 24.3 Å². The first-order valence-electron chi connectivity index (χ1n) is 5.44. The molecule has 0 aliphatic heterocycles. The number of carboxylic acids is 1. The summed E-state index contributed by atoms with van der Waals surface area (Å²) >= 11 is 0.